The van der Waals surface area contributed by atoms with E-state index in [-0.39, 0.29) is 53.5 Å². The van der Waals surface area contributed by atoms with Gasteiger partial charge in [-0.1, -0.05) is 11.6 Å². The quantitative estimate of drug-likeness (QED) is 0.130. The first-order valence-corrected chi connectivity index (χ1v) is 25.5. The standard InChI is InChI=1S/C53H62ClF3N8O7/c1-31(37-24-38(50(69)70)26-39(25-37)53(55,56)57)58-47-41-28-40(45(72-3)29-43(41)59-32(2)60-47)34-4-6-35(7-5-34)48(67)64-22-20-62(21-23-64)30-33-10-13-52(14-11-33)15-18-63(19-16-52)49(68)36-8-9-42(54)44(27-36)65-17-12-46(66)61-51(65)71/h8-9,24-29,31,33-35H,4-7,10-23,30H2,1-3H3,(H,69,70)(H,58,59,60)(H,61,66,71). The number of piperazine rings is 1. The zero-order chi connectivity index (χ0) is 51.1. The number of amides is 5. The van der Waals surface area contributed by atoms with Crippen LogP contribution in [0, 0.1) is 24.2 Å². The number of nitrogens with zero attached hydrogens (tertiary/aromatic N) is 6. The number of ether oxygens (including phenoxy) is 1. The Morgan fingerprint density at radius 3 is 2.24 bits per heavy atom. The number of carboxylic acid groups (broad SMARTS) is 1. The molecule has 5 aliphatic rings. The van der Waals surface area contributed by atoms with Gasteiger partial charge in [0.05, 0.1) is 40.5 Å². The first-order chi connectivity index (χ1) is 34.4. The summed E-state index contributed by atoms with van der Waals surface area (Å²) in [5.41, 5.74) is 1.32. The number of hydrogen-bond donors (Lipinski definition) is 3. The van der Waals surface area contributed by atoms with Gasteiger partial charge in [0.2, 0.25) is 11.8 Å². The molecule has 384 valence electrons. The Morgan fingerprint density at radius 1 is 0.875 bits per heavy atom. The number of benzene rings is 3. The number of aromatic nitrogens is 2. The highest BCUT2D eigenvalue weighted by molar-refractivity contribution is 6.34. The van der Waals surface area contributed by atoms with Crippen molar-refractivity contribution in [1.29, 1.82) is 0 Å². The molecule has 0 radical (unpaired) electrons. The van der Waals surface area contributed by atoms with E-state index >= 15 is 0 Å². The number of carboxylic acids is 1. The highest BCUT2D eigenvalue weighted by Gasteiger charge is 2.41. The lowest BCUT2D eigenvalue weighted by Crippen LogP contribution is -2.52. The van der Waals surface area contributed by atoms with Gasteiger partial charge in [-0.15, -0.1) is 0 Å². The van der Waals surface area contributed by atoms with Gasteiger partial charge in [-0.25, -0.2) is 19.6 Å². The average molecular weight is 1020 g/mol. The van der Waals surface area contributed by atoms with Crippen molar-refractivity contribution >= 4 is 63.7 Å². The van der Waals surface area contributed by atoms with Crippen LogP contribution in [0.15, 0.2) is 48.5 Å². The fraction of sp³-hybridized carbons (Fsp3) is 0.528. The van der Waals surface area contributed by atoms with Crippen molar-refractivity contribution in [3.63, 3.8) is 0 Å². The fourth-order valence-electron chi connectivity index (χ4n) is 11.8. The molecule has 2 aliphatic carbocycles. The number of aromatic carboxylic acids is 1. The van der Waals surface area contributed by atoms with Gasteiger partial charge in [-0.2, -0.15) is 13.2 Å². The lowest BCUT2D eigenvalue weighted by atomic mass is 9.65. The molecule has 4 aromatic rings. The molecule has 2 saturated carbocycles. The molecule has 9 rings (SSSR count). The highest BCUT2D eigenvalue weighted by Crippen LogP contribution is 2.47. The number of alkyl halides is 3. The number of anilines is 2. The Morgan fingerprint density at radius 2 is 1.58 bits per heavy atom. The van der Waals surface area contributed by atoms with Gasteiger partial charge in [0.15, 0.2) is 0 Å². The van der Waals surface area contributed by atoms with Crippen molar-refractivity contribution in [3.8, 4) is 5.75 Å². The second kappa shape index (κ2) is 20.8. The third kappa shape index (κ3) is 11.0. The predicted molar refractivity (Wildman–Crippen MR) is 265 cm³/mol. The Balaban J connectivity index is 0.742. The molecule has 4 heterocycles. The molecule has 3 aromatic carbocycles. The second-order valence-corrected chi connectivity index (χ2v) is 21.0. The summed E-state index contributed by atoms with van der Waals surface area (Å²) in [6, 6.07) is 10.4. The summed E-state index contributed by atoms with van der Waals surface area (Å²) in [6.45, 7) is 9.10. The molecule has 3 aliphatic heterocycles. The summed E-state index contributed by atoms with van der Waals surface area (Å²) in [6.07, 6.45) is 4.97. The van der Waals surface area contributed by atoms with E-state index in [1.54, 1.807) is 39.2 Å². The van der Waals surface area contributed by atoms with Crippen LogP contribution in [0.3, 0.4) is 0 Å². The van der Waals surface area contributed by atoms with Gasteiger partial charge in [0.1, 0.15) is 17.4 Å². The summed E-state index contributed by atoms with van der Waals surface area (Å²) in [4.78, 5) is 80.7. The molecule has 5 amide bonds. The topological polar surface area (TPSA) is 178 Å². The van der Waals surface area contributed by atoms with E-state index in [1.165, 1.54) is 11.0 Å². The first-order valence-electron chi connectivity index (χ1n) is 25.2. The Labute approximate surface area is 421 Å². The van der Waals surface area contributed by atoms with Crippen molar-refractivity contribution < 1.29 is 47.0 Å². The summed E-state index contributed by atoms with van der Waals surface area (Å²) in [7, 11) is 1.61. The third-order valence-electron chi connectivity index (χ3n) is 16.1. The molecule has 3 N–H and O–H groups in total. The van der Waals surface area contributed by atoms with Crippen LogP contribution in [0.4, 0.5) is 29.5 Å². The summed E-state index contributed by atoms with van der Waals surface area (Å²) in [5.74, 6) is 0.491. The number of piperidine rings is 1. The molecular formula is C53H62ClF3N8O7. The number of rotatable bonds is 11. The fourth-order valence-corrected chi connectivity index (χ4v) is 12.0. The minimum absolute atomic E-state index is 0.0674. The predicted octanol–water partition coefficient (Wildman–Crippen LogP) is 9.47. The minimum atomic E-state index is -4.73. The number of aryl methyl sites for hydroxylation is 1. The van der Waals surface area contributed by atoms with E-state index in [2.05, 4.69) is 25.5 Å². The van der Waals surface area contributed by atoms with E-state index in [9.17, 15) is 42.3 Å². The van der Waals surface area contributed by atoms with Gasteiger partial charge in [0, 0.05) is 81.7 Å². The number of nitrogens with one attached hydrogen (secondary N) is 2. The third-order valence-corrected chi connectivity index (χ3v) is 16.4. The largest absolute Gasteiger partial charge is 0.496 e. The van der Waals surface area contributed by atoms with Crippen LogP contribution >= 0.6 is 11.6 Å². The van der Waals surface area contributed by atoms with E-state index < -0.39 is 35.3 Å². The van der Waals surface area contributed by atoms with Crippen LogP contribution < -0.4 is 20.3 Å². The molecule has 1 spiro atoms. The van der Waals surface area contributed by atoms with Crippen molar-refractivity contribution in [2.75, 3.05) is 69.7 Å². The highest BCUT2D eigenvalue weighted by atomic mass is 35.5. The van der Waals surface area contributed by atoms with E-state index in [4.69, 9.17) is 16.3 Å². The second-order valence-electron chi connectivity index (χ2n) is 20.6. The normalized spacial score (nSPS) is 21.7. The van der Waals surface area contributed by atoms with Crippen LogP contribution in [0.1, 0.15) is 133 Å². The zero-order valence-corrected chi connectivity index (χ0v) is 41.7. The molecule has 1 aromatic heterocycles. The summed E-state index contributed by atoms with van der Waals surface area (Å²) < 4.78 is 47.2. The van der Waals surface area contributed by atoms with Crippen LogP contribution in [-0.4, -0.2) is 119 Å². The number of imide groups is 1. The summed E-state index contributed by atoms with van der Waals surface area (Å²) >= 11 is 6.44. The zero-order valence-electron chi connectivity index (χ0n) is 41.0. The van der Waals surface area contributed by atoms with Crippen LogP contribution in [0.5, 0.6) is 5.75 Å². The minimum Gasteiger partial charge on any atom is -0.496 e. The van der Waals surface area contributed by atoms with Gasteiger partial charge in [-0.05, 0) is 149 Å². The maximum Gasteiger partial charge on any atom is 0.416 e. The van der Waals surface area contributed by atoms with Crippen molar-refractivity contribution in [1.82, 2.24) is 30.0 Å². The molecule has 3 saturated heterocycles. The maximum absolute atomic E-state index is 14.0. The average Bonchev–Trinajstić information content (AvgIpc) is 3.36. The van der Waals surface area contributed by atoms with E-state index in [0.717, 1.165) is 95.5 Å². The Kier molecular flexibility index (Phi) is 14.7. The number of carbonyl (C=O) groups excluding carboxylic acids is 4. The number of likely N-dealkylation sites (tertiary alicyclic amines) is 1. The molecule has 5 fully saturated rings. The van der Waals surface area contributed by atoms with Gasteiger partial charge in [-0.3, -0.25) is 29.5 Å². The molecule has 1 unspecified atom stereocenters. The monoisotopic (exact) mass is 1010 g/mol. The lowest BCUT2D eigenvalue weighted by Gasteiger charge is -2.47. The van der Waals surface area contributed by atoms with Crippen LogP contribution in [0.2, 0.25) is 5.02 Å². The first kappa shape index (κ1) is 50.9. The van der Waals surface area contributed by atoms with E-state index in [0.29, 0.717) is 82.7 Å². The van der Waals surface area contributed by atoms with Gasteiger partial charge in [0.25, 0.3) is 5.91 Å². The number of fused-ring (bicyclic) bond motifs is 1. The maximum atomic E-state index is 14.0. The number of carbonyl (C=O) groups is 5. The van der Waals surface area contributed by atoms with E-state index in [1.807, 2.05) is 21.9 Å². The number of methoxy groups -OCH3 is 1. The Bertz CT molecular complexity index is 2740. The van der Waals surface area contributed by atoms with Crippen molar-refractivity contribution in [2.24, 2.45) is 17.3 Å². The number of urea groups is 1. The molecule has 19 heteroatoms. The molecule has 1 atom stereocenters. The SMILES string of the molecule is COc1cc2nc(C)nc(NC(C)c3cc(C(=O)O)cc(C(F)(F)F)c3)c2cc1C1CCC(C(=O)N2CCN(CC3CCC4(CC3)CCN(C(=O)c3ccc(Cl)c(N5CCC(=O)NC5=O)c3)CC4)CC2)CC1. The molecule has 15 nitrogen and oxygen atoms in total. The van der Waals surface area contributed by atoms with Crippen molar-refractivity contribution in [2.45, 2.75) is 103 Å². The lowest BCUT2D eigenvalue weighted by molar-refractivity contribution is -0.139. The number of hydrogen-bond acceptors (Lipinski definition) is 10. The number of halogens is 4. The molecule has 72 heavy (non-hydrogen) atoms. The Hall–Kier alpha value is -6.01. The smallest absolute Gasteiger partial charge is 0.416 e. The summed E-state index contributed by atoms with van der Waals surface area (Å²) in [5, 5.41) is 16.1. The van der Waals surface area contributed by atoms with Crippen molar-refractivity contribution in [3.05, 3.63) is 87.2 Å². The molecule has 0 bridgehead atoms. The van der Waals surface area contributed by atoms with Crippen LogP contribution in [0.25, 0.3) is 10.9 Å². The van der Waals surface area contributed by atoms with Gasteiger partial charge >= 0.3 is 18.2 Å². The molecular weight excluding hydrogens is 953 g/mol. The van der Waals surface area contributed by atoms with Crippen LogP contribution in [-0.2, 0) is 15.8 Å². The van der Waals surface area contributed by atoms with Gasteiger partial charge < -0.3 is 25.0 Å².